The van der Waals surface area contributed by atoms with Crippen LogP contribution in [0.2, 0.25) is 0 Å². The summed E-state index contributed by atoms with van der Waals surface area (Å²) in [5.41, 5.74) is 1.27. The Morgan fingerprint density at radius 1 is 1.58 bits per heavy atom. The minimum absolute atomic E-state index is 0.0270. The third-order valence-corrected chi connectivity index (χ3v) is 3.55. The van der Waals surface area contributed by atoms with Crippen molar-refractivity contribution in [3.63, 3.8) is 0 Å². The van der Waals surface area contributed by atoms with E-state index >= 15 is 0 Å². The average Bonchev–Trinajstić information content (AvgIpc) is 2.38. The lowest BCUT2D eigenvalue weighted by molar-refractivity contribution is -0.900. The number of quaternary nitrogens is 1. The summed E-state index contributed by atoms with van der Waals surface area (Å²) in [6, 6.07) is 9.10. The summed E-state index contributed by atoms with van der Waals surface area (Å²) in [5, 5.41) is 11.7. The molecule has 1 aromatic carbocycles. The fraction of sp³-hybridized carbons (Fsp3) is 0.467. The van der Waals surface area contributed by atoms with Crippen molar-refractivity contribution in [1.29, 1.82) is 5.26 Å². The van der Waals surface area contributed by atoms with E-state index in [1.54, 1.807) is 18.2 Å². The van der Waals surface area contributed by atoms with Gasteiger partial charge in [0.2, 0.25) is 0 Å². The maximum atomic E-state index is 12.0. The molecule has 1 aliphatic heterocycles. The zero-order valence-electron chi connectivity index (χ0n) is 11.3. The summed E-state index contributed by atoms with van der Waals surface area (Å²) in [6.45, 7) is 4.91. The van der Waals surface area contributed by atoms with Crippen LogP contribution in [-0.4, -0.2) is 25.5 Å². The molecule has 100 valence electrons. The number of nitrogens with zero attached hydrogens (tertiary/aromatic N) is 1. The number of nitrogens with one attached hydrogen (secondary N) is 2. The van der Waals surface area contributed by atoms with Crippen molar-refractivity contribution in [1.82, 2.24) is 0 Å². The third kappa shape index (κ3) is 4.08. The second kappa shape index (κ2) is 6.35. The van der Waals surface area contributed by atoms with Gasteiger partial charge in [-0.05, 0) is 31.0 Å². The fourth-order valence-corrected chi connectivity index (χ4v) is 2.66. The summed E-state index contributed by atoms with van der Waals surface area (Å²) in [7, 11) is 0. The molecular formula is C15H20N3O+. The van der Waals surface area contributed by atoms with Crippen LogP contribution in [0.4, 0.5) is 5.69 Å². The first-order valence-electron chi connectivity index (χ1n) is 6.81. The van der Waals surface area contributed by atoms with Gasteiger partial charge in [-0.2, -0.15) is 5.26 Å². The summed E-state index contributed by atoms with van der Waals surface area (Å²) in [6.07, 6.45) is 2.48. The molecule has 1 aromatic rings. The SMILES string of the molecule is C[C@H]1CCC[NH+](CC(=O)Nc2cccc(C#N)c2)C1. The Morgan fingerprint density at radius 3 is 3.16 bits per heavy atom. The van der Waals surface area contributed by atoms with E-state index in [9.17, 15) is 4.79 Å². The second-order valence-electron chi connectivity index (χ2n) is 5.37. The van der Waals surface area contributed by atoms with E-state index in [0.717, 1.165) is 13.1 Å². The number of piperidine rings is 1. The highest BCUT2D eigenvalue weighted by atomic mass is 16.2. The zero-order valence-corrected chi connectivity index (χ0v) is 11.3. The van der Waals surface area contributed by atoms with Crippen molar-refractivity contribution >= 4 is 11.6 Å². The van der Waals surface area contributed by atoms with Crippen molar-refractivity contribution in [2.75, 3.05) is 25.0 Å². The first-order valence-corrected chi connectivity index (χ1v) is 6.81. The molecule has 0 spiro atoms. The van der Waals surface area contributed by atoms with Gasteiger partial charge < -0.3 is 10.2 Å². The highest BCUT2D eigenvalue weighted by Gasteiger charge is 2.21. The Morgan fingerprint density at radius 2 is 2.42 bits per heavy atom. The molecule has 1 aliphatic rings. The number of amides is 1. The predicted octanol–water partition coefficient (Wildman–Crippen LogP) is 0.812. The lowest BCUT2D eigenvalue weighted by Gasteiger charge is -2.27. The number of carbonyl (C=O) groups is 1. The van der Waals surface area contributed by atoms with Gasteiger partial charge in [-0.3, -0.25) is 4.79 Å². The second-order valence-corrected chi connectivity index (χ2v) is 5.37. The molecule has 2 N–H and O–H groups in total. The minimum atomic E-state index is 0.0270. The summed E-state index contributed by atoms with van der Waals surface area (Å²) < 4.78 is 0. The van der Waals surface area contributed by atoms with Crippen LogP contribution in [0.1, 0.15) is 25.3 Å². The first kappa shape index (κ1) is 13.6. The third-order valence-electron chi connectivity index (χ3n) is 3.55. The number of hydrogen-bond donors (Lipinski definition) is 2. The number of anilines is 1. The van der Waals surface area contributed by atoms with E-state index in [-0.39, 0.29) is 5.91 Å². The standard InChI is InChI=1S/C15H19N3O/c1-12-4-3-7-18(10-12)11-15(19)17-14-6-2-5-13(8-14)9-16/h2,5-6,8,12H,3-4,7,10-11H2,1H3,(H,17,19)/p+1/t12-/m0/s1. The number of benzene rings is 1. The Balaban J connectivity index is 1.88. The molecule has 19 heavy (non-hydrogen) atoms. The van der Waals surface area contributed by atoms with Crippen LogP contribution in [0.3, 0.4) is 0 Å². The lowest BCUT2D eigenvalue weighted by atomic mass is 10.0. The van der Waals surface area contributed by atoms with E-state index in [1.807, 2.05) is 6.07 Å². The summed E-state index contributed by atoms with van der Waals surface area (Å²) in [5.74, 6) is 0.734. The monoisotopic (exact) mass is 258 g/mol. The van der Waals surface area contributed by atoms with Gasteiger partial charge in [-0.1, -0.05) is 13.0 Å². The molecule has 1 unspecified atom stereocenters. The Kier molecular flexibility index (Phi) is 4.53. The Hall–Kier alpha value is -1.86. The van der Waals surface area contributed by atoms with Crippen LogP contribution in [0.15, 0.2) is 24.3 Å². The average molecular weight is 258 g/mol. The number of nitriles is 1. The maximum absolute atomic E-state index is 12.0. The molecule has 0 bridgehead atoms. The van der Waals surface area contributed by atoms with Crippen LogP contribution >= 0.6 is 0 Å². The van der Waals surface area contributed by atoms with Gasteiger partial charge in [-0.15, -0.1) is 0 Å². The minimum Gasteiger partial charge on any atom is -0.327 e. The first-order chi connectivity index (χ1) is 9.17. The van der Waals surface area contributed by atoms with Crippen molar-refractivity contribution in [2.24, 2.45) is 5.92 Å². The van der Waals surface area contributed by atoms with Gasteiger partial charge >= 0.3 is 0 Å². The summed E-state index contributed by atoms with van der Waals surface area (Å²) >= 11 is 0. The van der Waals surface area contributed by atoms with Gasteiger partial charge in [0.25, 0.3) is 5.91 Å². The molecule has 1 heterocycles. The van der Waals surface area contributed by atoms with E-state index in [1.165, 1.54) is 17.7 Å². The van der Waals surface area contributed by atoms with Gasteiger partial charge in [0, 0.05) is 11.6 Å². The molecule has 4 heteroatoms. The largest absolute Gasteiger partial charge is 0.327 e. The zero-order chi connectivity index (χ0) is 13.7. The Bertz CT molecular complexity index is 492. The maximum Gasteiger partial charge on any atom is 0.279 e. The Labute approximate surface area is 114 Å². The molecule has 0 aromatic heterocycles. The van der Waals surface area contributed by atoms with Crippen molar-refractivity contribution in [2.45, 2.75) is 19.8 Å². The van der Waals surface area contributed by atoms with Gasteiger partial charge in [0.1, 0.15) is 0 Å². The number of rotatable bonds is 3. The van der Waals surface area contributed by atoms with Crippen molar-refractivity contribution in [3.05, 3.63) is 29.8 Å². The number of likely N-dealkylation sites (tertiary alicyclic amines) is 1. The van der Waals surface area contributed by atoms with Crippen molar-refractivity contribution < 1.29 is 9.69 Å². The number of hydrogen-bond acceptors (Lipinski definition) is 2. The van der Waals surface area contributed by atoms with Crippen LogP contribution in [0.25, 0.3) is 0 Å². The quantitative estimate of drug-likeness (QED) is 0.843. The summed E-state index contributed by atoms with van der Waals surface area (Å²) in [4.78, 5) is 13.3. The lowest BCUT2D eigenvalue weighted by Crippen LogP contribution is -3.14. The van der Waals surface area contributed by atoms with E-state index < -0.39 is 0 Å². The van der Waals surface area contributed by atoms with Gasteiger partial charge in [0.05, 0.1) is 24.7 Å². The van der Waals surface area contributed by atoms with Gasteiger partial charge in [0.15, 0.2) is 6.54 Å². The fourth-order valence-electron chi connectivity index (χ4n) is 2.66. The molecule has 0 aliphatic carbocycles. The van der Waals surface area contributed by atoms with Crippen molar-refractivity contribution in [3.8, 4) is 6.07 Å². The molecule has 1 fully saturated rings. The predicted molar refractivity (Wildman–Crippen MR) is 73.7 cm³/mol. The van der Waals surface area contributed by atoms with E-state index in [2.05, 4.69) is 18.3 Å². The molecule has 0 saturated carbocycles. The van der Waals surface area contributed by atoms with Gasteiger partial charge in [-0.25, -0.2) is 0 Å². The molecule has 1 amide bonds. The smallest absolute Gasteiger partial charge is 0.279 e. The van der Waals surface area contributed by atoms with Crippen LogP contribution in [0.5, 0.6) is 0 Å². The van der Waals surface area contributed by atoms with Crippen LogP contribution in [-0.2, 0) is 4.79 Å². The highest BCUT2D eigenvalue weighted by molar-refractivity contribution is 5.91. The van der Waals surface area contributed by atoms with Crippen LogP contribution < -0.4 is 10.2 Å². The highest BCUT2D eigenvalue weighted by Crippen LogP contribution is 2.09. The van der Waals surface area contributed by atoms with Crippen LogP contribution in [0, 0.1) is 17.2 Å². The molecule has 1 saturated heterocycles. The topological polar surface area (TPSA) is 57.3 Å². The molecule has 2 rings (SSSR count). The molecule has 0 radical (unpaired) electrons. The molecule has 2 atom stereocenters. The number of carbonyl (C=O) groups excluding carboxylic acids is 1. The van der Waals surface area contributed by atoms with E-state index in [0.29, 0.717) is 23.7 Å². The molecular weight excluding hydrogens is 238 g/mol. The van der Waals surface area contributed by atoms with E-state index in [4.69, 9.17) is 5.26 Å². The molecule has 4 nitrogen and oxygen atoms in total. The normalized spacial score (nSPS) is 22.5.